The Bertz CT molecular complexity index is 729. The van der Waals surface area contributed by atoms with E-state index in [2.05, 4.69) is 15.9 Å². The molecule has 23 heavy (non-hydrogen) atoms. The van der Waals surface area contributed by atoms with Gasteiger partial charge in [-0.25, -0.2) is 0 Å². The zero-order chi connectivity index (χ0) is 16.1. The first-order valence-electron chi connectivity index (χ1n) is 7.37. The molecule has 5 heteroatoms. The van der Waals surface area contributed by atoms with Gasteiger partial charge in [0, 0.05) is 21.0 Å². The molecule has 0 radical (unpaired) electrons. The van der Waals surface area contributed by atoms with Gasteiger partial charge in [-0.15, -0.1) is 0 Å². The molecule has 1 atom stereocenters. The molecule has 2 aromatic carbocycles. The van der Waals surface area contributed by atoms with Gasteiger partial charge in [0.2, 0.25) is 0 Å². The van der Waals surface area contributed by atoms with Crippen molar-refractivity contribution in [1.82, 2.24) is 0 Å². The third-order valence-corrected chi connectivity index (χ3v) is 5.36. The predicted octanol–water partition coefficient (Wildman–Crippen LogP) is 4.18. The minimum Gasteiger partial charge on any atom is -0.486 e. The number of ether oxygens (including phenoxy) is 2. The third-order valence-electron chi connectivity index (χ3n) is 3.42. The summed E-state index contributed by atoms with van der Waals surface area (Å²) in [5.74, 6) is 2.47. The van der Waals surface area contributed by atoms with E-state index in [1.165, 1.54) is 0 Å². The fourth-order valence-electron chi connectivity index (χ4n) is 2.30. The fourth-order valence-corrected chi connectivity index (χ4v) is 3.97. The lowest BCUT2D eigenvalue weighted by Gasteiger charge is -2.19. The van der Waals surface area contributed by atoms with Crippen LogP contribution in [-0.4, -0.2) is 23.2 Å². The molecule has 1 aliphatic heterocycles. The summed E-state index contributed by atoms with van der Waals surface area (Å²) in [5, 5.41) is 0. The van der Waals surface area contributed by atoms with Gasteiger partial charge in [-0.2, -0.15) is 0 Å². The molecule has 120 valence electrons. The van der Waals surface area contributed by atoms with Gasteiger partial charge in [0.05, 0.1) is 5.75 Å². The van der Waals surface area contributed by atoms with Crippen molar-refractivity contribution in [2.75, 3.05) is 19.0 Å². The maximum atomic E-state index is 12.3. The molecular formula is C18H17BrO3S. The van der Waals surface area contributed by atoms with Gasteiger partial charge < -0.3 is 9.47 Å². The molecule has 0 aliphatic carbocycles. The summed E-state index contributed by atoms with van der Waals surface area (Å²) < 4.78 is 24.3. The summed E-state index contributed by atoms with van der Waals surface area (Å²) in [6.45, 7) is 1.12. The van der Waals surface area contributed by atoms with Gasteiger partial charge in [0.1, 0.15) is 13.2 Å². The van der Waals surface area contributed by atoms with Gasteiger partial charge in [-0.1, -0.05) is 58.4 Å². The fraction of sp³-hybridized carbons (Fsp3) is 0.222. The van der Waals surface area contributed by atoms with Gasteiger partial charge in [0.15, 0.2) is 11.5 Å². The van der Waals surface area contributed by atoms with Crippen molar-refractivity contribution < 1.29 is 13.7 Å². The van der Waals surface area contributed by atoms with Crippen LogP contribution in [-0.2, 0) is 16.6 Å². The van der Waals surface area contributed by atoms with Crippen LogP contribution in [0.2, 0.25) is 0 Å². The molecule has 0 aromatic heterocycles. The number of halogens is 1. The quantitative estimate of drug-likeness (QED) is 0.765. The van der Waals surface area contributed by atoms with E-state index in [4.69, 9.17) is 9.47 Å². The first-order valence-corrected chi connectivity index (χ1v) is 9.65. The molecule has 1 heterocycles. The van der Waals surface area contributed by atoms with Crippen molar-refractivity contribution >= 4 is 32.8 Å². The first-order chi connectivity index (χ1) is 11.2. The van der Waals surface area contributed by atoms with Crippen molar-refractivity contribution in [1.29, 1.82) is 0 Å². The summed E-state index contributed by atoms with van der Waals surface area (Å²) in [7, 11) is -0.969. The molecule has 0 spiro atoms. The lowest BCUT2D eigenvalue weighted by atomic mass is 10.2. The molecule has 0 fully saturated rings. The second-order valence-corrected chi connectivity index (χ2v) is 7.51. The Morgan fingerprint density at radius 3 is 2.52 bits per heavy atom. The summed E-state index contributed by atoms with van der Waals surface area (Å²) in [5.41, 5.74) is 2.09. The maximum Gasteiger partial charge on any atom is 0.162 e. The van der Waals surface area contributed by atoms with E-state index in [1.54, 1.807) is 0 Å². The average molecular weight is 393 g/mol. The van der Waals surface area contributed by atoms with Crippen LogP contribution in [0, 0.1) is 0 Å². The molecule has 3 rings (SSSR count). The van der Waals surface area contributed by atoms with Gasteiger partial charge in [-0.3, -0.25) is 4.21 Å². The molecule has 1 unspecified atom stereocenters. The highest BCUT2D eigenvalue weighted by atomic mass is 79.9. The number of hydrogen-bond donors (Lipinski definition) is 0. The number of benzene rings is 2. The monoisotopic (exact) mass is 392 g/mol. The Morgan fingerprint density at radius 2 is 1.78 bits per heavy atom. The highest BCUT2D eigenvalue weighted by Gasteiger charge is 2.15. The first kappa shape index (κ1) is 16.3. The van der Waals surface area contributed by atoms with Crippen molar-refractivity contribution in [2.24, 2.45) is 0 Å². The number of rotatable bonds is 5. The second-order valence-electron chi connectivity index (χ2n) is 5.15. The average Bonchev–Trinajstić information content (AvgIpc) is 2.56. The molecule has 1 aliphatic rings. The van der Waals surface area contributed by atoms with E-state index in [0.717, 1.165) is 27.1 Å². The molecule has 0 N–H and O–H groups in total. The van der Waals surface area contributed by atoms with Crippen LogP contribution >= 0.6 is 15.9 Å². The van der Waals surface area contributed by atoms with Gasteiger partial charge in [0.25, 0.3) is 0 Å². The number of hydrogen-bond acceptors (Lipinski definition) is 3. The van der Waals surface area contributed by atoms with E-state index >= 15 is 0 Å². The standard InChI is InChI=1S/C18H17BrO3S/c19-16-12-18-17(21-8-9-22-18)11-15(16)13-23(20)10-4-7-14-5-2-1-3-6-14/h1-7,11-12H,8-10,13H2. The molecule has 3 nitrogen and oxygen atoms in total. The molecule has 0 saturated carbocycles. The van der Waals surface area contributed by atoms with E-state index in [9.17, 15) is 4.21 Å². The Hall–Kier alpha value is -1.59. The van der Waals surface area contributed by atoms with E-state index < -0.39 is 10.8 Å². The van der Waals surface area contributed by atoms with Crippen molar-refractivity contribution in [2.45, 2.75) is 5.75 Å². The smallest absolute Gasteiger partial charge is 0.162 e. The minimum atomic E-state index is -0.969. The molecular weight excluding hydrogens is 376 g/mol. The normalized spacial score (nSPS) is 14.8. The highest BCUT2D eigenvalue weighted by molar-refractivity contribution is 9.10. The summed E-state index contributed by atoms with van der Waals surface area (Å²) in [4.78, 5) is 0. The van der Waals surface area contributed by atoms with Gasteiger partial charge >= 0.3 is 0 Å². The molecule has 0 amide bonds. The number of fused-ring (bicyclic) bond motifs is 1. The van der Waals surface area contributed by atoms with Crippen LogP contribution in [0.3, 0.4) is 0 Å². The predicted molar refractivity (Wildman–Crippen MR) is 97.3 cm³/mol. The SMILES string of the molecule is O=S(CC=Cc1ccccc1)Cc1cc2c(cc1Br)OCCO2. The maximum absolute atomic E-state index is 12.3. The topological polar surface area (TPSA) is 35.5 Å². The van der Waals surface area contributed by atoms with Crippen molar-refractivity contribution in [3.63, 3.8) is 0 Å². The minimum absolute atomic E-state index is 0.482. The Labute approximate surface area is 146 Å². The molecule has 0 bridgehead atoms. The van der Waals surface area contributed by atoms with Gasteiger partial charge in [-0.05, 0) is 23.3 Å². The summed E-state index contributed by atoms with van der Waals surface area (Å²) in [6.07, 6.45) is 3.95. The van der Waals surface area contributed by atoms with E-state index in [-0.39, 0.29) is 0 Å². The Morgan fingerprint density at radius 1 is 1.09 bits per heavy atom. The van der Waals surface area contributed by atoms with E-state index in [1.807, 2.05) is 54.6 Å². The van der Waals surface area contributed by atoms with Crippen LogP contribution in [0.15, 0.2) is 53.0 Å². The van der Waals surface area contributed by atoms with Crippen molar-refractivity contribution in [3.8, 4) is 11.5 Å². The van der Waals surface area contributed by atoms with Crippen LogP contribution in [0.5, 0.6) is 11.5 Å². The Balaban J connectivity index is 1.63. The summed E-state index contributed by atoms with van der Waals surface area (Å²) >= 11 is 3.52. The second kappa shape index (κ2) is 7.79. The molecule has 2 aromatic rings. The van der Waals surface area contributed by atoms with Crippen LogP contribution < -0.4 is 9.47 Å². The lowest BCUT2D eigenvalue weighted by Crippen LogP contribution is -2.15. The zero-order valence-corrected chi connectivity index (χ0v) is 14.9. The lowest BCUT2D eigenvalue weighted by molar-refractivity contribution is 0.171. The Kier molecular flexibility index (Phi) is 5.51. The van der Waals surface area contributed by atoms with E-state index in [0.29, 0.717) is 24.7 Å². The zero-order valence-electron chi connectivity index (χ0n) is 12.5. The largest absolute Gasteiger partial charge is 0.486 e. The summed E-state index contributed by atoms with van der Waals surface area (Å²) in [6, 6.07) is 13.8. The van der Waals surface area contributed by atoms with Crippen LogP contribution in [0.1, 0.15) is 11.1 Å². The van der Waals surface area contributed by atoms with Crippen molar-refractivity contribution in [3.05, 3.63) is 64.1 Å². The molecule has 0 saturated heterocycles. The highest BCUT2D eigenvalue weighted by Crippen LogP contribution is 2.36. The van der Waals surface area contributed by atoms with Crippen LogP contribution in [0.25, 0.3) is 6.08 Å². The third kappa shape index (κ3) is 4.45. The van der Waals surface area contributed by atoms with Crippen LogP contribution in [0.4, 0.5) is 0 Å².